The summed E-state index contributed by atoms with van der Waals surface area (Å²) < 4.78 is 6.45. The number of rotatable bonds is 2. The summed E-state index contributed by atoms with van der Waals surface area (Å²) in [5.41, 5.74) is 3.00. The van der Waals surface area contributed by atoms with E-state index in [0.717, 1.165) is 5.69 Å². The zero-order valence-corrected chi connectivity index (χ0v) is 12.4. The molecule has 22 heavy (non-hydrogen) atoms. The first-order chi connectivity index (χ1) is 10.5. The van der Waals surface area contributed by atoms with E-state index in [9.17, 15) is 9.59 Å². The van der Waals surface area contributed by atoms with Gasteiger partial charge in [0.2, 0.25) is 0 Å². The summed E-state index contributed by atoms with van der Waals surface area (Å²) in [7, 11) is 3.11. The van der Waals surface area contributed by atoms with E-state index < -0.39 is 5.97 Å². The number of methoxy groups -OCH3 is 1. The van der Waals surface area contributed by atoms with Crippen molar-refractivity contribution in [3.05, 3.63) is 46.0 Å². The highest BCUT2D eigenvalue weighted by molar-refractivity contribution is 5.99. The molecule has 0 bridgehead atoms. The fourth-order valence-corrected chi connectivity index (χ4v) is 2.35. The molecular formula is C15H14N4O3. The average molecular weight is 298 g/mol. The molecule has 0 aliphatic rings. The van der Waals surface area contributed by atoms with Crippen molar-refractivity contribution >= 4 is 17.0 Å². The first-order valence-electron chi connectivity index (χ1n) is 6.62. The van der Waals surface area contributed by atoms with E-state index in [1.54, 1.807) is 37.0 Å². The van der Waals surface area contributed by atoms with Gasteiger partial charge in [0.05, 0.1) is 29.4 Å². The molecule has 0 aliphatic carbocycles. The molecule has 2 heterocycles. The number of benzene rings is 1. The predicted octanol–water partition coefficient (Wildman–Crippen LogP) is 1.42. The molecule has 0 fully saturated rings. The maximum absolute atomic E-state index is 11.9. The number of nitrogens with zero attached hydrogens (tertiary/aromatic N) is 3. The zero-order chi connectivity index (χ0) is 15.9. The number of aryl methyl sites for hydroxylation is 2. The zero-order valence-electron chi connectivity index (χ0n) is 12.4. The minimum atomic E-state index is -0.480. The minimum Gasteiger partial charge on any atom is -0.465 e. The number of esters is 1. The van der Waals surface area contributed by atoms with Crippen LogP contribution < -0.4 is 5.56 Å². The SMILES string of the molecule is COC(=O)c1cc(-c2ccnn2C)c2nc(C)c(=O)[nH]c2c1. The fraction of sp³-hybridized carbons (Fsp3) is 0.200. The van der Waals surface area contributed by atoms with Crippen LogP contribution in [0.15, 0.2) is 29.2 Å². The Morgan fingerprint density at radius 1 is 1.36 bits per heavy atom. The highest BCUT2D eigenvalue weighted by Crippen LogP contribution is 2.27. The number of nitrogens with one attached hydrogen (secondary N) is 1. The predicted molar refractivity (Wildman–Crippen MR) is 80.6 cm³/mol. The summed E-state index contributed by atoms with van der Waals surface area (Å²) in [4.78, 5) is 30.8. The molecule has 7 heteroatoms. The quantitative estimate of drug-likeness (QED) is 0.723. The first kappa shape index (κ1) is 14.0. The number of carbonyl (C=O) groups excluding carboxylic acids is 1. The standard InChI is InChI=1S/C15H14N4O3/c1-8-14(20)18-11-7-9(15(21)22-3)6-10(13(11)17-8)12-4-5-16-19(12)2/h4-7H,1-3H3,(H,18,20). The van der Waals surface area contributed by atoms with E-state index in [4.69, 9.17) is 4.74 Å². The monoisotopic (exact) mass is 298 g/mol. The van der Waals surface area contributed by atoms with Gasteiger partial charge in [-0.15, -0.1) is 0 Å². The lowest BCUT2D eigenvalue weighted by Gasteiger charge is -2.09. The Labute approximate surface area is 125 Å². The maximum atomic E-state index is 11.9. The average Bonchev–Trinajstić information content (AvgIpc) is 2.92. The van der Waals surface area contributed by atoms with Gasteiger partial charge in [-0.2, -0.15) is 5.10 Å². The number of hydrogen-bond donors (Lipinski definition) is 1. The van der Waals surface area contributed by atoms with E-state index in [0.29, 0.717) is 27.9 Å². The molecule has 0 saturated heterocycles. The van der Waals surface area contributed by atoms with Gasteiger partial charge >= 0.3 is 5.97 Å². The van der Waals surface area contributed by atoms with Crippen molar-refractivity contribution in [3.8, 4) is 11.3 Å². The number of H-pyrrole nitrogens is 1. The number of hydrogen-bond acceptors (Lipinski definition) is 5. The summed E-state index contributed by atoms with van der Waals surface area (Å²) in [6.07, 6.45) is 1.66. The van der Waals surface area contributed by atoms with Crippen molar-refractivity contribution in [2.45, 2.75) is 6.92 Å². The molecule has 1 N–H and O–H groups in total. The Morgan fingerprint density at radius 2 is 2.14 bits per heavy atom. The van der Waals surface area contributed by atoms with Gasteiger partial charge in [0.15, 0.2) is 0 Å². The topological polar surface area (TPSA) is 89.9 Å². The lowest BCUT2D eigenvalue weighted by Crippen LogP contribution is -2.13. The molecule has 112 valence electrons. The Bertz CT molecular complexity index is 940. The van der Waals surface area contributed by atoms with Gasteiger partial charge in [-0.3, -0.25) is 9.48 Å². The molecule has 0 aliphatic heterocycles. The van der Waals surface area contributed by atoms with E-state index in [2.05, 4.69) is 15.1 Å². The van der Waals surface area contributed by atoms with Crippen molar-refractivity contribution in [2.75, 3.05) is 7.11 Å². The smallest absolute Gasteiger partial charge is 0.337 e. The molecule has 7 nitrogen and oxygen atoms in total. The number of carbonyl (C=O) groups is 1. The molecule has 0 saturated carbocycles. The Hall–Kier alpha value is -2.96. The third-order valence-electron chi connectivity index (χ3n) is 3.48. The molecule has 2 aromatic heterocycles. The summed E-state index contributed by atoms with van der Waals surface area (Å²) in [5.74, 6) is -0.480. The van der Waals surface area contributed by atoms with E-state index in [1.807, 2.05) is 6.07 Å². The largest absolute Gasteiger partial charge is 0.465 e. The van der Waals surface area contributed by atoms with Crippen LogP contribution in [-0.2, 0) is 11.8 Å². The summed E-state index contributed by atoms with van der Waals surface area (Å²) in [5, 5.41) is 4.14. The third-order valence-corrected chi connectivity index (χ3v) is 3.48. The van der Waals surface area contributed by atoms with Crippen LogP contribution in [0.5, 0.6) is 0 Å². The maximum Gasteiger partial charge on any atom is 0.337 e. The second-order valence-electron chi connectivity index (χ2n) is 4.90. The number of ether oxygens (including phenoxy) is 1. The molecule has 3 rings (SSSR count). The summed E-state index contributed by atoms with van der Waals surface area (Å²) in [6.45, 7) is 1.64. The normalized spacial score (nSPS) is 10.9. The first-order valence-corrected chi connectivity index (χ1v) is 6.62. The number of aromatic nitrogens is 4. The van der Waals surface area contributed by atoms with Crippen molar-refractivity contribution in [1.29, 1.82) is 0 Å². The Balaban J connectivity index is 2.41. The fourth-order valence-electron chi connectivity index (χ4n) is 2.35. The van der Waals surface area contributed by atoms with Crippen LogP contribution in [0.4, 0.5) is 0 Å². The lowest BCUT2D eigenvalue weighted by molar-refractivity contribution is 0.0601. The van der Waals surface area contributed by atoms with Crippen LogP contribution in [0.1, 0.15) is 16.1 Å². The van der Waals surface area contributed by atoms with Crippen molar-refractivity contribution in [1.82, 2.24) is 19.7 Å². The molecule has 0 atom stereocenters. The molecule has 0 unspecified atom stereocenters. The minimum absolute atomic E-state index is 0.287. The van der Waals surface area contributed by atoms with E-state index >= 15 is 0 Å². The van der Waals surface area contributed by atoms with Gasteiger partial charge in [0.25, 0.3) is 5.56 Å². The van der Waals surface area contributed by atoms with Crippen molar-refractivity contribution in [2.24, 2.45) is 7.05 Å². The number of fused-ring (bicyclic) bond motifs is 1. The van der Waals surface area contributed by atoms with Crippen LogP contribution >= 0.6 is 0 Å². The van der Waals surface area contributed by atoms with Gasteiger partial charge in [-0.25, -0.2) is 9.78 Å². The number of aromatic amines is 1. The third kappa shape index (κ3) is 2.16. The van der Waals surface area contributed by atoms with Crippen molar-refractivity contribution in [3.63, 3.8) is 0 Å². The molecule has 0 amide bonds. The summed E-state index contributed by atoms with van der Waals surface area (Å²) in [6, 6.07) is 5.07. The van der Waals surface area contributed by atoms with Crippen LogP contribution in [0.3, 0.4) is 0 Å². The van der Waals surface area contributed by atoms with E-state index in [-0.39, 0.29) is 5.56 Å². The van der Waals surface area contributed by atoms with Crippen LogP contribution in [0, 0.1) is 6.92 Å². The van der Waals surface area contributed by atoms with Crippen LogP contribution in [0.2, 0.25) is 0 Å². The molecular weight excluding hydrogens is 284 g/mol. The van der Waals surface area contributed by atoms with Gasteiger partial charge < -0.3 is 9.72 Å². The Morgan fingerprint density at radius 3 is 2.77 bits per heavy atom. The van der Waals surface area contributed by atoms with Gasteiger partial charge in [0, 0.05) is 18.8 Å². The molecule has 3 aromatic rings. The second kappa shape index (κ2) is 5.10. The van der Waals surface area contributed by atoms with Gasteiger partial charge in [-0.1, -0.05) is 0 Å². The van der Waals surface area contributed by atoms with E-state index in [1.165, 1.54) is 7.11 Å². The highest BCUT2D eigenvalue weighted by atomic mass is 16.5. The van der Waals surface area contributed by atoms with Gasteiger partial charge in [-0.05, 0) is 25.1 Å². The molecule has 0 radical (unpaired) electrons. The molecule has 1 aromatic carbocycles. The van der Waals surface area contributed by atoms with Crippen LogP contribution in [-0.4, -0.2) is 32.8 Å². The molecule has 0 spiro atoms. The highest BCUT2D eigenvalue weighted by Gasteiger charge is 2.16. The lowest BCUT2D eigenvalue weighted by atomic mass is 10.0. The second-order valence-corrected chi connectivity index (χ2v) is 4.90. The van der Waals surface area contributed by atoms with Gasteiger partial charge in [0.1, 0.15) is 5.69 Å². The van der Waals surface area contributed by atoms with Crippen molar-refractivity contribution < 1.29 is 9.53 Å². The Kier molecular flexibility index (Phi) is 3.25. The summed E-state index contributed by atoms with van der Waals surface area (Å²) >= 11 is 0. The van der Waals surface area contributed by atoms with Crippen LogP contribution in [0.25, 0.3) is 22.3 Å².